The van der Waals surface area contributed by atoms with Crippen LogP contribution in [0.15, 0.2) is 42.5 Å². The molecule has 1 atom stereocenters. The zero-order valence-corrected chi connectivity index (χ0v) is 9.23. The van der Waals surface area contributed by atoms with E-state index in [-0.39, 0.29) is 17.1 Å². The Kier molecular flexibility index (Phi) is 2.47. The van der Waals surface area contributed by atoms with E-state index in [2.05, 4.69) is 26.0 Å². The Morgan fingerprint density at radius 2 is 1.87 bits per heavy atom. The second kappa shape index (κ2) is 3.65. The molecule has 0 radical (unpaired) electrons. The van der Waals surface area contributed by atoms with E-state index in [1.165, 1.54) is 5.56 Å². The van der Waals surface area contributed by atoms with Crippen molar-refractivity contribution in [3.8, 4) is 0 Å². The molecule has 0 aromatic heterocycles. The lowest BCUT2D eigenvalue weighted by molar-refractivity contribution is -0.119. The first-order chi connectivity index (χ1) is 7.09. The number of rotatable bonds is 2. The molecule has 1 aromatic rings. The molecule has 1 unspecified atom stereocenters. The second-order valence-corrected chi connectivity index (χ2v) is 4.80. The maximum atomic E-state index is 11.7. The lowest BCUT2D eigenvalue weighted by Crippen LogP contribution is -2.25. The van der Waals surface area contributed by atoms with Crippen molar-refractivity contribution in [3.63, 3.8) is 0 Å². The van der Waals surface area contributed by atoms with Gasteiger partial charge < -0.3 is 0 Å². The van der Waals surface area contributed by atoms with Crippen LogP contribution in [0.2, 0.25) is 0 Å². The van der Waals surface area contributed by atoms with Gasteiger partial charge in [-0.25, -0.2) is 0 Å². The minimum atomic E-state index is 0.00687. The Balaban J connectivity index is 2.17. The van der Waals surface area contributed by atoms with Gasteiger partial charge in [0.1, 0.15) is 0 Å². The summed E-state index contributed by atoms with van der Waals surface area (Å²) in [6.07, 6.45) is 4.61. The molecule has 15 heavy (non-hydrogen) atoms. The lowest BCUT2D eigenvalue weighted by Gasteiger charge is -2.24. The van der Waals surface area contributed by atoms with Crippen LogP contribution >= 0.6 is 0 Å². The predicted molar refractivity (Wildman–Crippen MR) is 61.6 cm³/mol. The van der Waals surface area contributed by atoms with Crippen LogP contribution in [0.5, 0.6) is 0 Å². The molecule has 0 fully saturated rings. The van der Waals surface area contributed by atoms with E-state index in [4.69, 9.17) is 0 Å². The van der Waals surface area contributed by atoms with Gasteiger partial charge in [-0.1, -0.05) is 50.3 Å². The molecule has 1 nitrogen and oxygen atoms in total. The standard InChI is InChI=1S/C14H16O/c1-14(2)9-8-13(15)12(14)10-11-6-4-3-5-7-11/h3-9,12H,10H2,1-2H3. The van der Waals surface area contributed by atoms with E-state index in [9.17, 15) is 4.79 Å². The van der Waals surface area contributed by atoms with E-state index in [0.29, 0.717) is 0 Å². The van der Waals surface area contributed by atoms with Crippen molar-refractivity contribution in [2.24, 2.45) is 11.3 Å². The molecular formula is C14H16O. The molecule has 0 aliphatic heterocycles. The number of hydrogen-bond donors (Lipinski definition) is 0. The SMILES string of the molecule is CC1(C)C=CC(=O)C1Cc1ccccc1. The van der Waals surface area contributed by atoms with Crippen LogP contribution in [0.3, 0.4) is 0 Å². The fourth-order valence-electron chi connectivity index (χ4n) is 2.11. The summed E-state index contributed by atoms with van der Waals surface area (Å²) in [6.45, 7) is 4.25. The highest BCUT2D eigenvalue weighted by Crippen LogP contribution is 2.36. The predicted octanol–water partition coefficient (Wildman–Crippen LogP) is 3.01. The lowest BCUT2D eigenvalue weighted by atomic mass is 9.78. The first-order valence-electron chi connectivity index (χ1n) is 5.36. The highest BCUT2D eigenvalue weighted by Gasteiger charge is 2.36. The Bertz CT molecular complexity index is 387. The molecule has 2 rings (SSSR count). The molecule has 1 heteroatoms. The summed E-state index contributed by atoms with van der Waals surface area (Å²) < 4.78 is 0. The first kappa shape index (κ1) is 10.2. The van der Waals surface area contributed by atoms with Gasteiger partial charge in [-0.05, 0) is 23.5 Å². The van der Waals surface area contributed by atoms with Crippen LogP contribution in [0.25, 0.3) is 0 Å². The Morgan fingerprint density at radius 3 is 2.40 bits per heavy atom. The first-order valence-corrected chi connectivity index (χ1v) is 5.36. The third-order valence-corrected chi connectivity index (χ3v) is 3.20. The zero-order valence-electron chi connectivity index (χ0n) is 9.23. The second-order valence-electron chi connectivity index (χ2n) is 4.80. The summed E-state index contributed by atoms with van der Waals surface area (Å²) in [5.74, 6) is 0.378. The molecule has 0 saturated carbocycles. The average molecular weight is 200 g/mol. The van der Waals surface area contributed by atoms with Crippen molar-refractivity contribution < 1.29 is 4.79 Å². The van der Waals surface area contributed by atoms with E-state index in [1.54, 1.807) is 6.08 Å². The Labute approximate surface area is 90.8 Å². The number of carbonyl (C=O) groups is 1. The molecule has 0 bridgehead atoms. The monoisotopic (exact) mass is 200 g/mol. The van der Waals surface area contributed by atoms with E-state index < -0.39 is 0 Å². The van der Waals surface area contributed by atoms with E-state index >= 15 is 0 Å². The van der Waals surface area contributed by atoms with Gasteiger partial charge >= 0.3 is 0 Å². The van der Waals surface area contributed by atoms with Crippen LogP contribution in [-0.2, 0) is 11.2 Å². The molecule has 0 heterocycles. The third-order valence-electron chi connectivity index (χ3n) is 3.20. The van der Waals surface area contributed by atoms with Crippen LogP contribution in [-0.4, -0.2) is 5.78 Å². The van der Waals surface area contributed by atoms with Crippen molar-refractivity contribution >= 4 is 5.78 Å². The zero-order chi connectivity index (χ0) is 10.9. The molecule has 0 saturated heterocycles. The normalized spacial score (nSPS) is 23.3. The molecule has 0 amide bonds. The smallest absolute Gasteiger partial charge is 0.159 e. The van der Waals surface area contributed by atoms with Crippen molar-refractivity contribution in [1.29, 1.82) is 0 Å². The highest BCUT2D eigenvalue weighted by molar-refractivity contribution is 5.95. The van der Waals surface area contributed by atoms with Gasteiger partial charge in [0.25, 0.3) is 0 Å². The van der Waals surface area contributed by atoms with Gasteiger partial charge in [0, 0.05) is 5.92 Å². The maximum Gasteiger partial charge on any atom is 0.159 e. The number of allylic oxidation sites excluding steroid dienone is 2. The van der Waals surface area contributed by atoms with Crippen LogP contribution in [0.1, 0.15) is 19.4 Å². The topological polar surface area (TPSA) is 17.1 Å². The van der Waals surface area contributed by atoms with Gasteiger partial charge in [-0.3, -0.25) is 4.79 Å². The third kappa shape index (κ3) is 2.01. The number of ketones is 1. The Morgan fingerprint density at radius 1 is 1.20 bits per heavy atom. The summed E-state index contributed by atoms with van der Waals surface area (Å²) in [6, 6.07) is 10.2. The summed E-state index contributed by atoms with van der Waals surface area (Å²) in [5.41, 5.74) is 1.25. The minimum absolute atomic E-state index is 0.00687. The molecule has 1 aromatic carbocycles. The molecule has 1 aliphatic rings. The molecular weight excluding hydrogens is 184 g/mol. The highest BCUT2D eigenvalue weighted by atomic mass is 16.1. The largest absolute Gasteiger partial charge is 0.295 e. The van der Waals surface area contributed by atoms with Crippen LogP contribution < -0.4 is 0 Å². The average Bonchev–Trinajstić information content (AvgIpc) is 2.47. The summed E-state index contributed by atoms with van der Waals surface area (Å²) in [4.78, 5) is 11.7. The Hall–Kier alpha value is -1.37. The van der Waals surface area contributed by atoms with Crippen molar-refractivity contribution in [1.82, 2.24) is 0 Å². The van der Waals surface area contributed by atoms with Crippen LogP contribution in [0, 0.1) is 11.3 Å². The van der Waals surface area contributed by atoms with Gasteiger partial charge in [0.15, 0.2) is 5.78 Å². The maximum absolute atomic E-state index is 11.7. The van der Waals surface area contributed by atoms with Crippen molar-refractivity contribution in [2.75, 3.05) is 0 Å². The molecule has 0 N–H and O–H groups in total. The van der Waals surface area contributed by atoms with Gasteiger partial charge in [-0.2, -0.15) is 0 Å². The fourth-order valence-corrected chi connectivity index (χ4v) is 2.11. The van der Waals surface area contributed by atoms with Gasteiger partial charge in [0.2, 0.25) is 0 Å². The summed E-state index contributed by atoms with van der Waals surface area (Å²) in [7, 11) is 0. The van der Waals surface area contributed by atoms with Crippen LogP contribution in [0.4, 0.5) is 0 Å². The van der Waals surface area contributed by atoms with E-state index in [1.807, 2.05) is 24.3 Å². The number of hydrogen-bond acceptors (Lipinski definition) is 1. The number of carbonyl (C=O) groups excluding carboxylic acids is 1. The minimum Gasteiger partial charge on any atom is -0.295 e. The van der Waals surface area contributed by atoms with E-state index in [0.717, 1.165) is 6.42 Å². The summed E-state index contributed by atoms with van der Waals surface area (Å²) in [5, 5.41) is 0. The van der Waals surface area contributed by atoms with Gasteiger partial charge in [-0.15, -0.1) is 0 Å². The van der Waals surface area contributed by atoms with Gasteiger partial charge in [0.05, 0.1) is 0 Å². The molecule has 0 spiro atoms. The quantitative estimate of drug-likeness (QED) is 0.717. The van der Waals surface area contributed by atoms with Crippen molar-refractivity contribution in [3.05, 3.63) is 48.0 Å². The fraction of sp³-hybridized carbons (Fsp3) is 0.357. The molecule has 1 aliphatic carbocycles. The summed E-state index contributed by atoms with van der Waals surface area (Å²) >= 11 is 0. The molecule has 78 valence electrons. The number of benzene rings is 1. The van der Waals surface area contributed by atoms with Crippen molar-refractivity contribution in [2.45, 2.75) is 20.3 Å².